The molecule has 16 heteroatoms. The summed E-state index contributed by atoms with van der Waals surface area (Å²) in [6, 6.07) is 21.3. The number of amides is 2. The second kappa shape index (κ2) is 14.9. The smallest absolute Gasteiger partial charge is 0.262 e. The van der Waals surface area contributed by atoms with E-state index in [1.165, 1.54) is 0 Å². The van der Waals surface area contributed by atoms with Crippen molar-refractivity contribution in [3.8, 4) is 34.2 Å². The highest BCUT2D eigenvalue weighted by Crippen LogP contribution is 2.64. The van der Waals surface area contributed by atoms with Gasteiger partial charge in [0.15, 0.2) is 27.8 Å². The highest BCUT2D eigenvalue weighted by Gasteiger charge is 2.64. The Kier molecular flexibility index (Phi) is 10.4. The van der Waals surface area contributed by atoms with Crippen LogP contribution in [0.4, 0.5) is 4.70 Å². The number of halogens is 5. The van der Waals surface area contributed by atoms with E-state index in [9.17, 15) is 9.59 Å². The van der Waals surface area contributed by atoms with Crippen molar-refractivity contribution >= 4 is 80.9 Å². The number of carbonyl (C=O) groups is 2. The standard InChI is InChI=1S/C43H28Br2Cl2N4O6.CH4.B.FH.H2/c1-17(2)31-40-50-32-36(57-40)43-24-8-4-7-23(22-6-3-5-20-16-27(46)30(29(20)22)35-37(47)51-41(32)54-35)33(24)55-42(43)56-34-25(43)13-18(14-26(34)45)15-28(39(53)49-31)48-38(52)19-9-11-21(44)12-10-19;;;;/h3-14,17,28,31,42H,15-16H2,1-2H3,(H,48,52)(H,49,53);1H4;;2*1H/t28-,31-,42?,43?;;;;/m0..../s1/i;;;;1+1. The molecule has 2 unspecified atom stereocenters. The zero-order valence-corrected chi connectivity index (χ0v) is 35.7. The number of aromatic nitrogens is 2. The normalized spacial score (nSPS) is 20.8. The molecule has 6 aromatic rings. The van der Waals surface area contributed by atoms with Gasteiger partial charge in [0.25, 0.3) is 18.1 Å². The molecule has 10 bridgehead atoms. The second-order valence-electron chi connectivity index (χ2n) is 15.1. The van der Waals surface area contributed by atoms with Crippen LogP contribution in [0.2, 0.25) is 5.15 Å². The fraction of sp³-hybridized carbons (Fsp3) is 0.227. The molecule has 5 aliphatic rings. The monoisotopic (exact) mass is 974 g/mol. The summed E-state index contributed by atoms with van der Waals surface area (Å²) in [5.41, 5.74) is 5.92. The fourth-order valence-electron chi connectivity index (χ4n) is 8.92. The molecule has 0 saturated carbocycles. The molecule has 4 aromatic carbocycles. The van der Waals surface area contributed by atoms with Gasteiger partial charge in [-0.3, -0.25) is 14.3 Å². The van der Waals surface area contributed by atoms with Gasteiger partial charge in [0.05, 0.1) is 4.47 Å². The Morgan fingerprint density at radius 1 is 0.967 bits per heavy atom. The van der Waals surface area contributed by atoms with Crippen LogP contribution in [-0.2, 0) is 23.1 Å². The minimum Gasteiger partial charge on any atom is -0.452 e. The maximum atomic E-state index is 14.4. The molecule has 1 aliphatic carbocycles. The van der Waals surface area contributed by atoms with Crippen molar-refractivity contribution in [1.29, 1.82) is 0 Å². The van der Waals surface area contributed by atoms with E-state index in [4.69, 9.17) is 51.5 Å². The molecular formula is C44H35BBr2Cl2FN4O6. The quantitative estimate of drug-likeness (QED) is 0.168. The summed E-state index contributed by atoms with van der Waals surface area (Å²) in [4.78, 5) is 38.0. The van der Waals surface area contributed by atoms with Crippen molar-refractivity contribution in [2.45, 2.75) is 57.9 Å². The first kappa shape index (κ1) is 41.8. The van der Waals surface area contributed by atoms with Gasteiger partial charge in [-0.05, 0) is 74.4 Å². The molecule has 10 nitrogen and oxygen atoms in total. The van der Waals surface area contributed by atoms with Crippen LogP contribution in [0.1, 0.15) is 84.3 Å². The predicted molar refractivity (Wildman–Crippen MR) is 235 cm³/mol. The Morgan fingerprint density at radius 2 is 1.70 bits per heavy atom. The van der Waals surface area contributed by atoms with Gasteiger partial charge in [-0.25, -0.2) is 4.98 Å². The lowest BCUT2D eigenvalue weighted by atomic mass is 9.72. The number of nitrogens with zero attached hydrogens (tertiary/aromatic N) is 2. The van der Waals surface area contributed by atoms with Crippen LogP contribution in [0.3, 0.4) is 0 Å². The van der Waals surface area contributed by atoms with Crippen LogP contribution in [0.15, 0.2) is 95.6 Å². The Bertz CT molecular complexity index is 2840. The molecule has 3 radical (unpaired) electrons. The molecule has 2 amide bonds. The third kappa shape index (κ3) is 5.84. The lowest BCUT2D eigenvalue weighted by Crippen LogP contribution is -2.49. The average molecular weight is 977 g/mol. The Balaban J connectivity index is 0.00000140. The molecule has 11 rings (SSSR count). The van der Waals surface area contributed by atoms with E-state index < -0.39 is 35.6 Å². The van der Waals surface area contributed by atoms with Crippen molar-refractivity contribution in [3.05, 3.63) is 143 Å². The van der Waals surface area contributed by atoms with Gasteiger partial charge in [0.1, 0.15) is 23.6 Å². The predicted octanol–water partition coefficient (Wildman–Crippen LogP) is 10.3. The molecule has 4 aliphatic heterocycles. The second-order valence-corrected chi connectivity index (χ2v) is 17.7. The zero-order valence-electron chi connectivity index (χ0n) is 31.0. The largest absolute Gasteiger partial charge is 0.452 e. The summed E-state index contributed by atoms with van der Waals surface area (Å²) >= 11 is 21.3. The number of rotatable bonds is 3. The van der Waals surface area contributed by atoms with Crippen LogP contribution in [0, 0.1) is 5.92 Å². The molecule has 2 N–H and O–H groups in total. The van der Waals surface area contributed by atoms with Crippen molar-refractivity contribution in [2.75, 3.05) is 0 Å². The van der Waals surface area contributed by atoms with E-state index in [0.29, 0.717) is 55.6 Å². The number of benzene rings is 4. The number of hydrogen-bond donors (Lipinski definition) is 2. The van der Waals surface area contributed by atoms with Crippen LogP contribution < -0.4 is 20.1 Å². The van der Waals surface area contributed by atoms with Gasteiger partial charge in [-0.1, -0.05) is 103 Å². The summed E-state index contributed by atoms with van der Waals surface area (Å²) in [6.07, 6.45) is -0.316. The summed E-state index contributed by atoms with van der Waals surface area (Å²) < 4.78 is 29.0. The van der Waals surface area contributed by atoms with Gasteiger partial charge < -0.3 is 28.9 Å². The molecule has 0 saturated heterocycles. The molecule has 4 atom stereocenters. The lowest BCUT2D eigenvalue weighted by Gasteiger charge is -2.28. The van der Waals surface area contributed by atoms with Gasteiger partial charge in [-0.2, -0.15) is 4.98 Å². The highest BCUT2D eigenvalue weighted by atomic mass is 79.9. The molecule has 2 aromatic heterocycles. The molecular weight excluding hydrogens is 941 g/mol. The number of allylic oxidation sites excluding steroid dienone is 1. The van der Waals surface area contributed by atoms with Crippen molar-refractivity contribution < 1.29 is 34.0 Å². The zero-order chi connectivity index (χ0) is 39.1. The lowest BCUT2D eigenvalue weighted by molar-refractivity contribution is -0.124. The molecule has 1 spiro atoms. The summed E-state index contributed by atoms with van der Waals surface area (Å²) in [5.74, 6) is 1.11. The van der Waals surface area contributed by atoms with Crippen molar-refractivity contribution in [3.63, 3.8) is 0 Å². The maximum absolute atomic E-state index is 14.4. The topological polar surface area (TPSA) is 129 Å². The third-order valence-electron chi connectivity index (χ3n) is 11.5. The average Bonchev–Trinajstić information content (AvgIpc) is 3.99. The number of nitrogens with one attached hydrogen (secondary N) is 2. The van der Waals surface area contributed by atoms with Crippen LogP contribution in [-0.4, -0.2) is 42.5 Å². The Labute approximate surface area is 374 Å². The minimum atomic E-state index is -1.25. The van der Waals surface area contributed by atoms with E-state index in [-0.39, 0.29) is 56.9 Å². The summed E-state index contributed by atoms with van der Waals surface area (Å²) in [5, 5.41) is 6.85. The molecule has 60 heavy (non-hydrogen) atoms. The Hall–Kier alpha value is -4.89. The molecule has 6 heterocycles. The number of carbonyl (C=O) groups excluding carboxylic acids is 2. The van der Waals surface area contributed by atoms with E-state index >= 15 is 0 Å². The van der Waals surface area contributed by atoms with Crippen molar-refractivity contribution in [2.24, 2.45) is 5.92 Å². The number of hydrogen-bond acceptors (Lipinski definition) is 8. The van der Waals surface area contributed by atoms with Gasteiger partial charge in [0.2, 0.25) is 11.8 Å². The fourth-order valence-corrected chi connectivity index (χ4v) is 10.3. The van der Waals surface area contributed by atoms with E-state index in [0.717, 1.165) is 37.9 Å². The van der Waals surface area contributed by atoms with Crippen molar-refractivity contribution in [1.82, 2.24) is 20.6 Å². The van der Waals surface area contributed by atoms with Crippen LogP contribution >= 0.6 is 55.1 Å². The summed E-state index contributed by atoms with van der Waals surface area (Å²) in [6.45, 7) is 3.92. The van der Waals surface area contributed by atoms with Crippen LogP contribution in [0.5, 0.6) is 11.5 Å². The number of oxazole rings is 2. The minimum absolute atomic E-state index is 0. The maximum Gasteiger partial charge on any atom is 0.262 e. The van der Waals surface area contributed by atoms with E-state index in [1.807, 2.05) is 62.4 Å². The third-order valence-corrected chi connectivity index (χ3v) is 13.2. The first-order chi connectivity index (χ1) is 27.5. The summed E-state index contributed by atoms with van der Waals surface area (Å²) in [7, 11) is 0. The highest BCUT2D eigenvalue weighted by molar-refractivity contribution is 9.10. The van der Waals surface area contributed by atoms with E-state index in [1.54, 1.807) is 24.3 Å². The van der Waals surface area contributed by atoms with Crippen LogP contribution in [0.25, 0.3) is 28.3 Å². The SMILES string of the molecule is C.CC(C)[C@@H]1NC(=O)[C@@H](NC(=O)c2ccc(Br)cc2)Cc2cc(Br)c3c(c2)C24c5cccc(c5OC2O3)-c2cccc3c2C(=C(Cl)C3)c2oc(nc2Cl)-c2nc1oc24.F.[2HH].[B]. The number of ether oxygens (including phenoxy) is 2. The number of para-hydroxylation sites is 1. The number of fused-ring (bicyclic) bond motifs is 7. The van der Waals surface area contributed by atoms with Gasteiger partial charge >= 0.3 is 0 Å². The van der Waals surface area contributed by atoms with E-state index in [2.05, 4.69) is 42.5 Å². The Morgan fingerprint density at radius 3 is 2.47 bits per heavy atom. The van der Waals surface area contributed by atoms with Gasteiger partial charge in [-0.15, -0.1) is 0 Å². The first-order valence-corrected chi connectivity index (χ1v) is 20.7. The molecule has 0 fully saturated rings. The first-order valence-electron chi connectivity index (χ1n) is 18.4. The van der Waals surface area contributed by atoms with Gasteiger partial charge in [0, 0.05) is 60.0 Å². The molecule has 305 valence electrons.